The number of carbonyl (C=O) groups is 2. The lowest BCUT2D eigenvalue weighted by Crippen LogP contribution is -2.51. The largest absolute Gasteiger partial charge is 0.369 e. The van der Waals surface area contributed by atoms with Crippen molar-refractivity contribution < 1.29 is 9.59 Å². The molecule has 8 heteroatoms. The fraction of sp³-hybridized carbons (Fsp3) is 0.458. The third-order valence-electron chi connectivity index (χ3n) is 6.79. The van der Waals surface area contributed by atoms with Crippen LogP contribution in [0.25, 0.3) is 0 Å². The molecule has 1 aromatic carbocycles. The highest BCUT2D eigenvalue weighted by atomic mass is 32.1. The van der Waals surface area contributed by atoms with Crippen molar-refractivity contribution in [2.24, 2.45) is 0 Å². The van der Waals surface area contributed by atoms with Gasteiger partial charge in [-0.15, -0.1) is 0 Å². The third kappa shape index (κ3) is 4.27. The highest BCUT2D eigenvalue weighted by Gasteiger charge is 2.39. The molecule has 2 saturated heterocycles. The highest BCUT2D eigenvalue weighted by molar-refractivity contribution is 7.80. The smallest absolute Gasteiger partial charge is 0.243 e. The molecule has 0 radical (unpaired) electrons. The molecule has 0 spiro atoms. The molecular formula is C24H29N5O2S. The molecule has 2 unspecified atom stereocenters. The number of aryl methyl sites for hydroxylation is 1. The van der Waals surface area contributed by atoms with Gasteiger partial charge in [0.05, 0.1) is 11.4 Å². The second-order valence-corrected chi connectivity index (χ2v) is 9.45. The zero-order chi connectivity index (χ0) is 22.2. The van der Waals surface area contributed by atoms with E-state index in [1.165, 1.54) is 22.4 Å². The average Bonchev–Trinajstić information content (AvgIpc) is 3.10. The Morgan fingerprint density at radius 3 is 2.69 bits per heavy atom. The van der Waals surface area contributed by atoms with Crippen LogP contribution >= 0.6 is 12.6 Å². The van der Waals surface area contributed by atoms with Gasteiger partial charge in [-0.2, -0.15) is 12.6 Å². The quantitative estimate of drug-likeness (QED) is 0.549. The number of carbonyl (C=O) groups excluding carboxylic acids is 2. The van der Waals surface area contributed by atoms with Gasteiger partial charge in [0, 0.05) is 63.3 Å². The Labute approximate surface area is 194 Å². The van der Waals surface area contributed by atoms with E-state index in [1.807, 2.05) is 13.1 Å². The highest BCUT2D eigenvalue weighted by Crippen LogP contribution is 2.39. The number of amides is 2. The van der Waals surface area contributed by atoms with Crippen molar-refractivity contribution >= 4 is 30.1 Å². The predicted octanol–water partition coefficient (Wildman–Crippen LogP) is 2.26. The number of aromatic nitrogens is 1. The van der Waals surface area contributed by atoms with Crippen LogP contribution in [0.3, 0.4) is 0 Å². The van der Waals surface area contributed by atoms with Crippen LogP contribution in [-0.2, 0) is 22.7 Å². The molecule has 168 valence electrons. The summed E-state index contributed by atoms with van der Waals surface area (Å²) in [5.41, 5.74) is 6.00. The van der Waals surface area contributed by atoms with Crippen LogP contribution in [0.15, 0.2) is 36.5 Å². The molecule has 0 saturated carbocycles. The van der Waals surface area contributed by atoms with E-state index in [9.17, 15) is 9.59 Å². The first kappa shape index (κ1) is 21.4. The second-order valence-electron chi connectivity index (χ2n) is 8.96. The van der Waals surface area contributed by atoms with E-state index in [-0.39, 0.29) is 23.2 Å². The number of pyridine rings is 1. The molecule has 0 aliphatic carbocycles. The molecule has 2 atom stereocenters. The van der Waals surface area contributed by atoms with E-state index < -0.39 is 0 Å². The normalized spacial score (nSPS) is 24.5. The summed E-state index contributed by atoms with van der Waals surface area (Å²) in [7, 11) is 0. The molecule has 1 N–H and O–H groups in total. The van der Waals surface area contributed by atoms with Crippen LogP contribution in [0.1, 0.15) is 40.6 Å². The van der Waals surface area contributed by atoms with E-state index in [0.29, 0.717) is 19.4 Å². The van der Waals surface area contributed by atoms with Gasteiger partial charge in [0.25, 0.3) is 0 Å². The Kier molecular flexibility index (Phi) is 5.92. The van der Waals surface area contributed by atoms with Crippen molar-refractivity contribution in [2.45, 2.75) is 44.3 Å². The standard InChI is InChI=1S/C24H29N5O2S/c1-16-12-19(6-7-25-16)28-10-8-27(9-11-28)14-17-2-3-20-18(13-17)15-29(24(20)32)21-4-5-22(30)26-23(21)31/h2-3,6-7,12-13,21,24,32H,4-5,8-11,14-15H2,1H3,(H,26,30,31). The van der Waals surface area contributed by atoms with Gasteiger partial charge in [0.15, 0.2) is 0 Å². The molecule has 0 bridgehead atoms. The number of piperazine rings is 1. The number of hydrogen-bond donors (Lipinski definition) is 2. The number of thiol groups is 1. The molecule has 3 aliphatic heterocycles. The zero-order valence-electron chi connectivity index (χ0n) is 18.3. The summed E-state index contributed by atoms with van der Waals surface area (Å²) in [6.07, 6.45) is 2.83. The number of anilines is 1. The number of nitrogens with zero attached hydrogens (tertiary/aromatic N) is 4. The van der Waals surface area contributed by atoms with E-state index >= 15 is 0 Å². The summed E-state index contributed by atoms with van der Waals surface area (Å²) in [5, 5.41) is 2.35. The molecule has 3 aliphatic rings. The van der Waals surface area contributed by atoms with Gasteiger partial charge in [-0.25, -0.2) is 0 Å². The Morgan fingerprint density at radius 2 is 1.94 bits per heavy atom. The first-order valence-corrected chi connectivity index (χ1v) is 11.8. The van der Waals surface area contributed by atoms with Gasteiger partial charge < -0.3 is 4.90 Å². The number of imide groups is 1. The number of rotatable bonds is 4. The van der Waals surface area contributed by atoms with Gasteiger partial charge in [0.2, 0.25) is 11.8 Å². The maximum absolute atomic E-state index is 12.3. The molecular weight excluding hydrogens is 422 g/mol. The van der Waals surface area contributed by atoms with Crippen molar-refractivity contribution in [3.8, 4) is 0 Å². The van der Waals surface area contributed by atoms with Crippen molar-refractivity contribution in [3.63, 3.8) is 0 Å². The van der Waals surface area contributed by atoms with E-state index in [2.05, 4.69) is 55.3 Å². The second kappa shape index (κ2) is 8.84. The van der Waals surface area contributed by atoms with Gasteiger partial charge in [-0.05, 0) is 42.2 Å². The summed E-state index contributed by atoms with van der Waals surface area (Å²) in [6.45, 7) is 7.72. The van der Waals surface area contributed by atoms with E-state index in [4.69, 9.17) is 12.6 Å². The van der Waals surface area contributed by atoms with Crippen molar-refractivity contribution in [2.75, 3.05) is 31.1 Å². The fourth-order valence-corrected chi connectivity index (χ4v) is 5.53. The number of hydrogen-bond acceptors (Lipinski definition) is 7. The SMILES string of the molecule is Cc1cc(N2CCN(Cc3ccc4c(c3)CN(C3CCC(=O)NC3=O)C4S)CC2)ccn1. The molecule has 2 amide bonds. The number of fused-ring (bicyclic) bond motifs is 1. The molecule has 5 rings (SSSR count). The summed E-state index contributed by atoms with van der Waals surface area (Å²) < 4.78 is 0. The Hall–Kier alpha value is -2.42. The minimum atomic E-state index is -0.295. The van der Waals surface area contributed by atoms with Crippen LogP contribution in [0.5, 0.6) is 0 Å². The lowest BCUT2D eigenvalue weighted by molar-refractivity contribution is -0.137. The van der Waals surface area contributed by atoms with Gasteiger partial charge >= 0.3 is 0 Å². The van der Waals surface area contributed by atoms with Crippen molar-refractivity contribution in [1.82, 2.24) is 20.1 Å². The van der Waals surface area contributed by atoms with Crippen molar-refractivity contribution in [1.29, 1.82) is 0 Å². The van der Waals surface area contributed by atoms with Crippen LogP contribution in [-0.4, -0.2) is 58.8 Å². The first-order chi connectivity index (χ1) is 15.5. The summed E-state index contributed by atoms with van der Waals surface area (Å²) in [6, 6.07) is 10.6. The molecule has 4 heterocycles. The Balaban J connectivity index is 1.21. The predicted molar refractivity (Wildman–Crippen MR) is 126 cm³/mol. The fourth-order valence-electron chi connectivity index (χ4n) is 5.04. The monoisotopic (exact) mass is 451 g/mol. The Morgan fingerprint density at radius 1 is 1.12 bits per heavy atom. The van der Waals surface area contributed by atoms with Crippen LogP contribution in [0, 0.1) is 6.92 Å². The van der Waals surface area contributed by atoms with Gasteiger partial charge in [-0.1, -0.05) is 18.2 Å². The molecule has 2 fully saturated rings. The van der Waals surface area contributed by atoms with E-state index in [1.54, 1.807) is 0 Å². The van der Waals surface area contributed by atoms with Crippen LogP contribution in [0.4, 0.5) is 5.69 Å². The molecule has 7 nitrogen and oxygen atoms in total. The molecule has 2 aromatic rings. The lowest BCUT2D eigenvalue weighted by Gasteiger charge is -2.36. The number of piperidine rings is 1. The van der Waals surface area contributed by atoms with Crippen molar-refractivity contribution in [3.05, 3.63) is 58.9 Å². The molecule has 32 heavy (non-hydrogen) atoms. The van der Waals surface area contributed by atoms with Gasteiger partial charge in [-0.3, -0.25) is 29.7 Å². The minimum absolute atomic E-state index is 0.115. The maximum atomic E-state index is 12.3. The Bertz CT molecular complexity index is 1040. The summed E-state index contributed by atoms with van der Waals surface area (Å²) >= 11 is 4.80. The number of benzene rings is 1. The first-order valence-electron chi connectivity index (χ1n) is 11.3. The average molecular weight is 452 g/mol. The van der Waals surface area contributed by atoms with Crippen LogP contribution in [0.2, 0.25) is 0 Å². The maximum Gasteiger partial charge on any atom is 0.243 e. The van der Waals surface area contributed by atoms with E-state index in [0.717, 1.165) is 38.4 Å². The molecule has 1 aromatic heterocycles. The summed E-state index contributed by atoms with van der Waals surface area (Å²) in [4.78, 5) is 35.2. The topological polar surface area (TPSA) is 68.8 Å². The third-order valence-corrected chi connectivity index (χ3v) is 7.36. The lowest BCUT2D eigenvalue weighted by atomic mass is 10.0. The number of nitrogens with one attached hydrogen (secondary N) is 1. The summed E-state index contributed by atoms with van der Waals surface area (Å²) in [5.74, 6) is -0.379. The van der Waals surface area contributed by atoms with Crippen LogP contribution < -0.4 is 10.2 Å². The van der Waals surface area contributed by atoms with Gasteiger partial charge in [0.1, 0.15) is 0 Å². The zero-order valence-corrected chi connectivity index (χ0v) is 19.2. The minimum Gasteiger partial charge on any atom is -0.369 e.